The van der Waals surface area contributed by atoms with Crippen molar-refractivity contribution in [3.63, 3.8) is 0 Å². The number of alkyl halides is 6. The molecule has 3 aromatic rings. The van der Waals surface area contributed by atoms with Gasteiger partial charge in [-0.3, -0.25) is 14.5 Å². The molecule has 0 aliphatic carbocycles. The number of halogens is 7. The Morgan fingerprint density at radius 3 is 2.10 bits per heavy atom. The van der Waals surface area contributed by atoms with Gasteiger partial charge in [-0.2, -0.15) is 26.3 Å². The SMILES string of the molecule is O=C(c1cc(C(F)(F)F)cc(C(F)(F)F)c1)N1CCN(Cc2cc(=O)c(OCc3ccccc3Cl)co2)CC1. The Bertz CT molecular complexity index is 1370. The highest BCUT2D eigenvalue weighted by molar-refractivity contribution is 6.31. The number of carbonyl (C=O) groups is 1. The van der Waals surface area contributed by atoms with Gasteiger partial charge in [0.2, 0.25) is 11.2 Å². The molecule has 1 aliphatic heterocycles. The smallest absolute Gasteiger partial charge is 0.416 e. The van der Waals surface area contributed by atoms with Crippen LogP contribution in [0.4, 0.5) is 26.3 Å². The summed E-state index contributed by atoms with van der Waals surface area (Å²) in [4.78, 5) is 28.2. The molecule has 1 amide bonds. The van der Waals surface area contributed by atoms with Gasteiger partial charge in [0.05, 0.1) is 17.7 Å². The maximum Gasteiger partial charge on any atom is 0.416 e. The Balaban J connectivity index is 1.37. The van der Waals surface area contributed by atoms with Crippen molar-refractivity contribution in [1.82, 2.24) is 9.80 Å². The van der Waals surface area contributed by atoms with Gasteiger partial charge in [-0.15, -0.1) is 0 Å². The first-order valence-corrected chi connectivity index (χ1v) is 12.0. The highest BCUT2D eigenvalue weighted by Gasteiger charge is 2.38. The molecule has 0 spiro atoms. The highest BCUT2D eigenvalue weighted by atomic mass is 35.5. The molecule has 0 radical (unpaired) electrons. The van der Waals surface area contributed by atoms with Crippen LogP contribution in [0.3, 0.4) is 0 Å². The van der Waals surface area contributed by atoms with Crippen LogP contribution < -0.4 is 10.2 Å². The predicted octanol–water partition coefficient (Wildman–Crippen LogP) is 5.87. The van der Waals surface area contributed by atoms with E-state index < -0.39 is 40.4 Å². The molecule has 1 saturated heterocycles. The predicted molar refractivity (Wildman–Crippen MR) is 128 cm³/mol. The largest absolute Gasteiger partial charge is 0.482 e. The lowest BCUT2D eigenvalue weighted by Gasteiger charge is -2.34. The fourth-order valence-corrected chi connectivity index (χ4v) is 4.18. The van der Waals surface area contributed by atoms with Crippen molar-refractivity contribution in [1.29, 1.82) is 0 Å². The lowest BCUT2D eigenvalue weighted by atomic mass is 10.0. The lowest BCUT2D eigenvalue weighted by Crippen LogP contribution is -2.48. The zero-order valence-corrected chi connectivity index (χ0v) is 20.9. The number of ether oxygens (including phenoxy) is 1. The second kappa shape index (κ2) is 11.3. The summed E-state index contributed by atoms with van der Waals surface area (Å²) in [6.07, 6.45) is -8.91. The van der Waals surface area contributed by atoms with Crippen molar-refractivity contribution in [3.8, 4) is 5.75 Å². The van der Waals surface area contributed by atoms with Crippen LogP contribution in [0, 0.1) is 0 Å². The van der Waals surface area contributed by atoms with E-state index in [4.69, 9.17) is 20.8 Å². The summed E-state index contributed by atoms with van der Waals surface area (Å²) in [7, 11) is 0. The second-order valence-electron chi connectivity index (χ2n) is 8.82. The number of piperazine rings is 1. The Kier molecular flexibility index (Phi) is 8.26. The minimum absolute atomic E-state index is 0.00611. The van der Waals surface area contributed by atoms with Crippen molar-refractivity contribution in [2.24, 2.45) is 0 Å². The van der Waals surface area contributed by atoms with E-state index in [-0.39, 0.29) is 51.1 Å². The van der Waals surface area contributed by atoms with Gasteiger partial charge in [0.15, 0.2) is 0 Å². The summed E-state index contributed by atoms with van der Waals surface area (Å²) in [5.41, 5.74) is -3.51. The van der Waals surface area contributed by atoms with Crippen molar-refractivity contribution in [2.45, 2.75) is 25.5 Å². The molecule has 0 atom stereocenters. The topological polar surface area (TPSA) is 63.0 Å². The Morgan fingerprint density at radius 1 is 0.923 bits per heavy atom. The number of benzene rings is 2. The molecule has 0 bridgehead atoms. The molecule has 2 heterocycles. The standard InChI is InChI=1S/C26H21ClF6N2O4/c27-21-4-2-1-3-16(21)14-39-23-15-38-20(12-22(23)36)13-34-5-7-35(8-6-34)24(37)17-9-18(25(28,29)30)11-19(10-17)26(31,32)33/h1-4,9-12,15H,5-8,13-14H2. The molecule has 6 nitrogen and oxygen atoms in total. The third-order valence-electron chi connectivity index (χ3n) is 6.07. The molecule has 0 unspecified atom stereocenters. The first-order valence-electron chi connectivity index (χ1n) is 11.6. The van der Waals surface area contributed by atoms with Crippen molar-refractivity contribution in [3.05, 3.63) is 98.1 Å². The molecule has 13 heteroatoms. The zero-order valence-electron chi connectivity index (χ0n) is 20.1. The van der Waals surface area contributed by atoms with Crippen molar-refractivity contribution < 1.29 is 40.3 Å². The van der Waals surface area contributed by atoms with Gasteiger partial charge in [-0.1, -0.05) is 29.8 Å². The molecule has 1 aliphatic rings. The van der Waals surface area contributed by atoms with Gasteiger partial charge in [-0.25, -0.2) is 0 Å². The summed E-state index contributed by atoms with van der Waals surface area (Å²) >= 11 is 6.08. The number of amides is 1. The van der Waals surface area contributed by atoms with Crippen LogP contribution in [0.25, 0.3) is 0 Å². The van der Waals surface area contributed by atoms with E-state index in [0.717, 1.165) is 0 Å². The molecule has 1 fully saturated rings. The summed E-state index contributed by atoms with van der Waals surface area (Å²) in [5, 5.41) is 0.491. The van der Waals surface area contributed by atoms with Crippen molar-refractivity contribution >= 4 is 17.5 Å². The van der Waals surface area contributed by atoms with Gasteiger partial charge < -0.3 is 14.1 Å². The lowest BCUT2D eigenvalue weighted by molar-refractivity contribution is -0.143. The molecule has 2 aromatic carbocycles. The highest BCUT2D eigenvalue weighted by Crippen LogP contribution is 2.36. The molecule has 1 aromatic heterocycles. The van der Waals surface area contributed by atoms with Crippen LogP contribution in [-0.2, 0) is 25.5 Å². The summed E-state index contributed by atoms with van der Waals surface area (Å²) in [6.45, 7) is 0.885. The summed E-state index contributed by atoms with van der Waals surface area (Å²) in [5.74, 6) is -0.622. The van der Waals surface area contributed by atoms with Gasteiger partial charge in [0, 0.05) is 48.4 Å². The van der Waals surface area contributed by atoms with E-state index in [2.05, 4.69) is 0 Å². The second-order valence-corrected chi connectivity index (χ2v) is 9.23. The van der Waals surface area contributed by atoms with Gasteiger partial charge in [0.25, 0.3) is 5.91 Å². The average molecular weight is 575 g/mol. The quantitative estimate of drug-likeness (QED) is 0.345. The molecule has 0 N–H and O–H groups in total. The van der Waals surface area contributed by atoms with E-state index in [1.807, 2.05) is 4.90 Å². The van der Waals surface area contributed by atoms with E-state index in [0.29, 0.717) is 28.5 Å². The molecular weight excluding hydrogens is 554 g/mol. The van der Waals surface area contributed by atoms with Crippen molar-refractivity contribution in [2.75, 3.05) is 26.2 Å². The fourth-order valence-electron chi connectivity index (χ4n) is 3.99. The molecular formula is C26H21ClF6N2O4. The monoisotopic (exact) mass is 574 g/mol. The van der Waals surface area contributed by atoms with E-state index in [1.54, 1.807) is 24.3 Å². The number of rotatable bonds is 6. The normalized spacial score (nSPS) is 14.9. The number of carbonyl (C=O) groups excluding carboxylic acids is 1. The first-order chi connectivity index (χ1) is 18.3. The van der Waals surface area contributed by atoms with Gasteiger partial charge in [-0.05, 0) is 24.3 Å². The molecule has 208 valence electrons. The molecule has 4 rings (SSSR count). The average Bonchev–Trinajstić information content (AvgIpc) is 2.88. The van der Waals surface area contributed by atoms with Crippen LogP contribution in [0.1, 0.15) is 32.8 Å². The fraction of sp³-hybridized carbons (Fsp3) is 0.308. The first kappa shape index (κ1) is 28.5. The van der Waals surface area contributed by atoms with Crippen LogP contribution in [0.2, 0.25) is 5.02 Å². The third-order valence-corrected chi connectivity index (χ3v) is 6.44. The number of hydrogen-bond donors (Lipinski definition) is 0. The van der Waals surface area contributed by atoms with Crippen LogP contribution in [0.5, 0.6) is 5.75 Å². The van der Waals surface area contributed by atoms with E-state index in [1.165, 1.54) is 17.2 Å². The van der Waals surface area contributed by atoms with E-state index >= 15 is 0 Å². The zero-order chi connectivity index (χ0) is 28.4. The Labute approximate surface area is 223 Å². The third kappa shape index (κ3) is 7.12. The van der Waals surface area contributed by atoms with E-state index in [9.17, 15) is 35.9 Å². The Morgan fingerprint density at radius 2 is 1.54 bits per heavy atom. The van der Waals surface area contributed by atoms with Gasteiger partial charge in [0.1, 0.15) is 18.6 Å². The van der Waals surface area contributed by atoms with Gasteiger partial charge >= 0.3 is 12.4 Å². The van der Waals surface area contributed by atoms with Crippen LogP contribution in [0.15, 0.2) is 64.0 Å². The van der Waals surface area contributed by atoms with Crippen LogP contribution in [-0.4, -0.2) is 41.9 Å². The van der Waals surface area contributed by atoms with Crippen LogP contribution >= 0.6 is 11.6 Å². The number of hydrogen-bond acceptors (Lipinski definition) is 5. The minimum Gasteiger partial charge on any atom is -0.482 e. The summed E-state index contributed by atoms with van der Waals surface area (Å²) < 4.78 is 89.9. The Hall–Kier alpha value is -3.51. The minimum atomic E-state index is -5.05. The maximum atomic E-state index is 13.1. The molecule has 39 heavy (non-hydrogen) atoms. The molecule has 0 saturated carbocycles. The number of nitrogens with zero attached hydrogens (tertiary/aromatic N) is 2. The maximum absolute atomic E-state index is 13.1. The summed E-state index contributed by atoms with van der Waals surface area (Å²) in [6, 6.07) is 9.09.